The molecule has 5 heteroatoms. The average molecular weight is 296 g/mol. The molecule has 0 aromatic heterocycles. The molecule has 110 valence electrons. The molecule has 1 aliphatic rings. The quantitative estimate of drug-likeness (QED) is 0.876. The van der Waals surface area contributed by atoms with E-state index in [2.05, 4.69) is 15.5 Å². The molecule has 20 heavy (non-hydrogen) atoms. The van der Waals surface area contributed by atoms with Crippen LogP contribution in [0, 0.1) is 0 Å². The molecule has 2 N–H and O–H groups in total. The molecule has 1 saturated heterocycles. The fraction of sp³-hybridized carbons (Fsp3) is 0.533. The highest BCUT2D eigenvalue weighted by Crippen LogP contribution is 2.21. The smallest absolute Gasteiger partial charge is 0.238 e. The van der Waals surface area contributed by atoms with Crippen molar-refractivity contribution in [1.82, 2.24) is 10.2 Å². The van der Waals surface area contributed by atoms with Crippen LogP contribution in [0.15, 0.2) is 24.3 Å². The van der Waals surface area contributed by atoms with Gasteiger partial charge in [-0.2, -0.15) is 0 Å². The van der Waals surface area contributed by atoms with E-state index >= 15 is 0 Å². The number of benzene rings is 1. The normalized spacial score (nSPS) is 19.8. The van der Waals surface area contributed by atoms with Crippen LogP contribution in [0.1, 0.15) is 19.3 Å². The standard InChI is InChI=1S/C15H22ClN3O/c1-17-10-12-6-4-5-9-19(12)11-15(20)18-14-8-3-2-7-13(14)16/h2-3,7-8,12,17H,4-6,9-11H2,1H3,(H,18,20). The third kappa shape index (κ3) is 4.20. The first kappa shape index (κ1) is 15.3. The number of likely N-dealkylation sites (tertiary alicyclic amines) is 1. The number of carbonyl (C=O) groups is 1. The zero-order chi connectivity index (χ0) is 14.4. The molecule has 0 spiro atoms. The Hall–Kier alpha value is -1.10. The highest BCUT2D eigenvalue weighted by Gasteiger charge is 2.23. The van der Waals surface area contributed by atoms with Gasteiger partial charge in [-0.1, -0.05) is 30.2 Å². The Kier molecular flexibility index (Phi) is 5.83. The maximum absolute atomic E-state index is 12.2. The van der Waals surface area contributed by atoms with Gasteiger partial charge in [0.1, 0.15) is 0 Å². The van der Waals surface area contributed by atoms with Crippen LogP contribution < -0.4 is 10.6 Å². The minimum absolute atomic E-state index is 0.00102. The van der Waals surface area contributed by atoms with Crippen LogP contribution in [0.5, 0.6) is 0 Å². The third-order valence-corrected chi connectivity index (χ3v) is 4.01. The van der Waals surface area contributed by atoms with E-state index in [1.165, 1.54) is 12.8 Å². The monoisotopic (exact) mass is 295 g/mol. The van der Waals surface area contributed by atoms with Crippen molar-refractivity contribution < 1.29 is 4.79 Å². The summed E-state index contributed by atoms with van der Waals surface area (Å²) in [4.78, 5) is 14.4. The van der Waals surface area contributed by atoms with Gasteiger partial charge in [0.15, 0.2) is 0 Å². The lowest BCUT2D eigenvalue weighted by Gasteiger charge is -2.35. The van der Waals surface area contributed by atoms with E-state index in [1.54, 1.807) is 6.07 Å². The zero-order valence-corrected chi connectivity index (χ0v) is 12.6. The molecule has 0 saturated carbocycles. The van der Waals surface area contributed by atoms with Gasteiger partial charge in [0.2, 0.25) is 5.91 Å². The summed E-state index contributed by atoms with van der Waals surface area (Å²) >= 11 is 6.05. The molecule has 0 aliphatic carbocycles. The van der Waals surface area contributed by atoms with Gasteiger partial charge in [0, 0.05) is 12.6 Å². The van der Waals surface area contributed by atoms with Crippen molar-refractivity contribution in [2.75, 3.05) is 32.0 Å². The second kappa shape index (κ2) is 7.62. The molecule has 1 amide bonds. The summed E-state index contributed by atoms with van der Waals surface area (Å²) in [5, 5.41) is 6.67. The van der Waals surface area contributed by atoms with Gasteiger partial charge >= 0.3 is 0 Å². The minimum atomic E-state index is 0.00102. The number of amides is 1. The second-order valence-corrected chi connectivity index (χ2v) is 5.61. The number of rotatable bonds is 5. The number of anilines is 1. The number of nitrogens with one attached hydrogen (secondary N) is 2. The topological polar surface area (TPSA) is 44.4 Å². The molecule has 1 aliphatic heterocycles. The van der Waals surface area contributed by atoms with E-state index in [1.807, 2.05) is 25.2 Å². The Morgan fingerprint density at radius 2 is 2.20 bits per heavy atom. The average Bonchev–Trinajstić information content (AvgIpc) is 2.44. The first-order valence-corrected chi connectivity index (χ1v) is 7.51. The lowest BCUT2D eigenvalue weighted by atomic mass is 10.0. The molecular formula is C15H22ClN3O. The molecule has 0 radical (unpaired) electrons. The molecule has 1 aromatic carbocycles. The first-order valence-electron chi connectivity index (χ1n) is 7.13. The molecular weight excluding hydrogens is 274 g/mol. The molecule has 2 rings (SSSR count). The Morgan fingerprint density at radius 3 is 2.95 bits per heavy atom. The SMILES string of the molecule is CNCC1CCCCN1CC(=O)Nc1ccccc1Cl. The van der Waals surface area contributed by atoms with Crippen molar-refractivity contribution in [2.24, 2.45) is 0 Å². The number of hydrogen-bond acceptors (Lipinski definition) is 3. The third-order valence-electron chi connectivity index (χ3n) is 3.68. The lowest BCUT2D eigenvalue weighted by molar-refractivity contribution is -0.118. The van der Waals surface area contributed by atoms with Crippen LogP contribution in [0.3, 0.4) is 0 Å². The van der Waals surface area contributed by atoms with Gasteiger partial charge in [-0.25, -0.2) is 0 Å². The Labute approximate surface area is 125 Å². The van der Waals surface area contributed by atoms with Gasteiger partial charge < -0.3 is 10.6 Å². The summed E-state index contributed by atoms with van der Waals surface area (Å²) in [6, 6.07) is 7.77. The van der Waals surface area contributed by atoms with E-state index in [4.69, 9.17) is 11.6 Å². The van der Waals surface area contributed by atoms with Crippen molar-refractivity contribution >= 4 is 23.2 Å². The number of piperidine rings is 1. The number of hydrogen-bond donors (Lipinski definition) is 2. The van der Waals surface area contributed by atoms with Gasteiger partial charge in [0.05, 0.1) is 17.3 Å². The highest BCUT2D eigenvalue weighted by molar-refractivity contribution is 6.33. The summed E-state index contributed by atoms with van der Waals surface area (Å²) in [5.74, 6) is 0.00102. The van der Waals surface area contributed by atoms with Crippen molar-refractivity contribution in [1.29, 1.82) is 0 Å². The Balaban J connectivity index is 1.91. The highest BCUT2D eigenvalue weighted by atomic mass is 35.5. The van der Waals surface area contributed by atoms with Crippen LogP contribution in [-0.4, -0.2) is 43.5 Å². The van der Waals surface area contributed by atoms with Gasteiger partial charge in [-0.15, -0.1) is 0 Å². The molecule has 1 fully saturated rings. The zero-order valence-electron chi connectivity index (χ0n) is 11.9. The fourth-order valence-electron chi connectivity index (χ4n) is 2.67. The molecule has 1 aromatic rings. The van der Waals surface area contributed by atoms with Crippen molar-refractivity contribution in [3.05, 3.63) is 29.3 Å². The molecule has 1 unspecified atom stereocenters. The van der Waals surface area contributed by atoms with E-state index in [-0.39, 0.29) is 5.91 Å². The second-order valence-electron chi connectivity index (χ2n) is 5.21. The minimum Gasteiger partial charge on any atom is -0.324 e. The van der Waals surface area contributed by atoms with E-state index < -0.39 is 0 Å². The number of halogens is 1. The number of likely N-dealkylation sites (N-methyl/N-ethyl adjacent to an activating group) is 1. The van der Waals surface area contributed by atoms with Crippen LogP contribution in [0.25, 0.3) is 0 Å². The first-order chi connectivity index (χ1) is 9.70. The predicted octanol–water partition coefficient (Wildman–Crippen LogP) is 2.35. The van der Waals surface area contributed by atoms with Crippen molar-refractivity contribution in [2.45, 2.75) is 25.3 Å². The number of carbonyl (C=O) groups excluding carboxylic acids is 1. The van der Waals surface area contributed by atoms with Crippen LogP contribution in [0.2, 0.25) is 5.02 Å². The van der Waals surface area contributed by atoms with Crippen LogP contribution in [-0.2, 0) is 4.79 Å². The van der Waals surface area contributed by atoms with E-state index in [9.17, 15) is 4.79 Å². The summed E-state index contributed by atoms with van der Waals surface area (Å²) in [6.07, 6.45) is 3.56. The van der Waals surface area contributed by atoms with E-state index in [0.717, 1.165) is 19.5 Å². The molecule has 1 atom stereocenters. The van der Waals surface area contributed by atoms with E-state index in [0.29, 0.717) is 23.3 Å². The summed E-state index contributed by atoms with van der Waals surface area (Å²) in [5.41, 5.74) is 0.682. The van der Waals surface area contributed by atoms with Crippen LogP contribution >= 0.6 is 11.6 Å². The maximum Gasteiger partial charge on any atom is 0.238 e. The number of nitrogens with zero attached hydrogens (tertiary/aromatic N) is 1. The Morgan fingerprint density at radius 1 is 1.40 bits per heavy atom. The summed E-state index contributed by atoms with van der Waals surface area (Å²) in [6.45, 7) is 2.35. The van der Waals surface area contributed by atoms with Crippen LogP contribution in [0.4, 0.5) is 5.69 Å². The number of para-hydroxylation sites is 1. The summed E-state index contributed by atoms with van der Waals surface area (Å²) < 4.78 is 0. The maximum atomic E-state index is 12.2. The molecule has 0 bridgehead atoms. The van der Waals surface area contributed by atoms with Crippen molar-refractivity contribution in [3.8, 4) is 0 Å². The fourth-order valence-corrected chi connectivity index (χ4v) is 2.85. The Bertz CT molecular complexity index is 450. The van der Waals surface area contributed by atoms with Gasteiger partial charge in [-0.05, 0) is 38.6 Å². The molecule has 4 nitrogen and oxygen atoms in total. The summed E-state index contributed by atoms with van der Waals surface area (Å²) in [7, 11) is 1.95. The van der Waals surface area contributed by atoms with Gasteiger partial charge in [-0.3, -0.25) is 9.69 Å². The van der Waals surface area contributed by atoms with Crippen molar-refractivity contribution in [3.63, 3.8) is 0 Å². The van der Waals surface area contributed by atoms with Gasteiger partial charge in [0.25, 0.3) is 0 Å². The predicted molar refractivity (Wildman–Crippen MR) is 83.2 cm³/mol. The largest absolute Gasteiger partial charge is 0.324 e. The lowest BCUT2D eigenvalue weighted by Crippen LogP contribution is -2.47. The molecule has 1 heterocycles.